The number of carbonyl (C=O) groups is 10. The number of carboxylic acid groups (broad SMARTS) is 2. The molecule has 20 N–H and O–H groups in total. The number of rotatable bonds is 29. The maximum atomic E-state index is 14.4. The molecule has 8 amide bonds. The Bertz CT molecular complexity index is 2040. The lowest BCUT2D eigenvalue weighted by Crippen LogP contribution is -2.59. The summed E-state index contributed by atoms with van der Waals surface area (Å²) in [5.74, 6) is -10.6. The molecule has 0 spiro atoms. The standard InChI is InChI=1S/C41H65N15O13/c1-21(2)33(38(68)51-18-29(58)49-20-32(62)63)55-36(66)26(17-31(60)61)52-30(59)19-50-37(67)28-8-5-15-56(28)39(69)27(16-22-9-11-23(57)12-10-22)54-35(65)25(7-4-14-48-41(45)46)53-34(64)24(42)6-3-13-47-40(43)44/h9-12,21,24-28,33,57H,3-8,13-20,42H2,1-2H3,(H,49,58)(H,50,67)(H,51,68)(H,52,59)(H,53,64)(H,54,65)(H,55,66)(H,60,61)(H,62,63)(H4,43,44,47)(H4,45,46,48)/t24-,25-,26-,27-,28-,33-/m0/s1. The zero-order chi connectivity index (χ0) is 51.8. The van der Waals surface area contributed by atoms with Gasteiger partial charge in [0.25, 0.3) is 0 Å². The summed E-state index contributed by atoms with van der Waals surface area (Å²) in [6.45, 7) is 1.29. The maximum absolute atomic E-state index is 14.4. The van der Waals surface area contributed by atoms with Crippen LogP contribution in [0.15, 0.2) is 34.3 Å². The van der Waals surface area contributed by atoms with Gasteiger partial charge >= 0.3 is 11.9 Å². The Morgan fingerprint density at radius 1 is 0.681 bits per heavy atom. The lowest BCUT2D eigenvalue weighted by molar-refractivity contribution is -0.142. The summed E-state index contributed by atoms with van der Waals surface area (Å²) in [6.07, 6.45) is 0.119. The summed E-state index contributed by atoms with van der Waals surface area (Å²) in [7, 11) is 0. The Labute approximate surface area is 396 Å². The molecule has 1 aliphatic heterocycles. The molecule has 1 heterocycles. The van der Waals surface area contributed by atoms with Gasteiger partial charge in [-0.3, -0.25) is 57.9 Å². The smallest absolute Gasteiger partial charge is 0.322 e. The predicted molar refractivity (Wildman–Crippen MR) is 246 cm³/mol. The van der Waals surface area contributed by atoms with Crippen molar-refractivity contribution in [3.05, 3.63) is 29.8 Å². The van der Waals surface area contributed by atoms with Gasteiger partial charge in [-0.05, 0) is 62.1 Å². The van der Waals surface area contributed by atoms with Gasteiger partial charge in [-0.1, -0.05) is 26.0 Å². The van der Waals surface area contributed by atoms with Crippen LogP contribution in [-0.4, -0.2) is 167 Å². The first-order valence-electron chi connectivity index (χ1n) is 21.9. The number of hydrogen-bond donors (Lipinski definition) is 15. The highest BCUT2D eigenvalue weighted by atomic mass is 16.4. The molecular weight excluding hydrogens is 911 g/mol. The van der Waals surface area contributed by atoms with E-state index in [0.29, 0.717) is 18.4 Å². The molecule has 1 aromatic rings. The minimum atomic E-state index is -1.75. The van der Waals surface area contributed by atoms with E-state index in [0.717, 1.165) is 0 Å². The van der Waals surface area contributed by atoms with Gasteiger partial charge in [-0.15, -0.1) is 0 Å². The van der Waals surface area contributed by atoms with Crippen LogP contribution in [0.2, 0.25) is 0 Å². The van der Waals surface area contributed by atoms with E-state index < -0.39 is 127 Å². The van der Waals surface area contributed by atoms with E-state index in [-0.39, 0.29) is 69.4 Å². The number of nitrogens with zero attached hydrogens (tertiary/aromatic N) is 3. The second kappa shape index (κ2) is 29.1. The molecule has 0 saturated carbocycles. The van der Waals surface area contributed by atoms with Gasteiger partial charge < -0.3 is 86.1 Å². The monoisotopic (exact) mass is 975 g/mol. The average molecular weight is 976 g/mol. The molecule has 1 fully saturated rings. The molecule has 1 aliphatic rings. The molecule has 69 heavy (non-hydrogen) atoms. The van der Waals surface area contributed by atoms with Crippen LogP contribution >= 0.6 is 0 Å². The Hall–Kier alpha value is -7.78. The van der Waals surface area contributed by atoms with Crippen molar-refractivity contribution in [1.29, 1.82) is 0 Å². The van der Waals surface area contributed by atoms with Crippen LogP contribution in [0.4, 0.5) is 0 Å². The third-order valence-electron chi connectivity index (χ3n) is 10.3. The van der Waals surface area contributed by atoms with E-state index in [1.165, 1.54) is 43.0 Å². The number of likely N-dealkylation sites (tertiary alicyclic amines) is 1. The Balaban J connectivity index is 2.24. The van der Waals surface area contributed by atoms with Gasteiger partial charge in [0, 0.05) is 26.1 Å². The number of phenolic OH excluding ortho intramolecular Hbond substituents is 1. The zero-order valence-corrected chi connectivity index (χ0v) is 38.4. The minimum absolute atomic E-state index is 0.00624. The number of hydrogen-bond acceptors (Lipinski definition) is 14. The predicted octanol–water partition coefficient (Wildman–Crippen LogP) is -6.14. The second-order valence-corrected chi connectivity index (χ2v) is 16.2. The molecule has 28 heteroatoms. The largest absolute Gasteiger partial charge is 0.508 e. The first kappa shape index (κ1) is 57.3. The van der Waals surface area contributed by atoms with Crippen LogP contribution in [-0.2, 0) is 54.4 Å². The molecule has 1 saturated heterocycles. The van der Waals surface area contributed by atoms with Crippen LogP contribution in [0, 0.1) is 5.92 Å². The topological polar surface area (TPSA) is 474 Å². The highest BCUT2D eigenvalue weighted by Crippen LogP contribution is 2.21. The van der Waals surface area contributed by atoms with Gasteiger partial charge in [0.2, 0.25) is 47.3 Å². The molecular formula is C41H65N15O13. The van der Waals surface area contributed by atoms with Crippen molar-refractivity contribution in [3.8, 4) is 5.75 Å². The third-order valence-corrected chi connectivity index (χ3v) is 10.3. The highest BCUT2D eigenvalue weighted by molar-refractivity contribution is 5.98. The van der Waals surface area contributed by atoms with Gasteiger partial charge in [0.15, 0.2) is 11.9 Å². The minimum Gasteiger partial charge on any atom is -0.508 e. The van der Waals surface area contributed by atoms with Crippen LogP contribution in [0.25, 0.3) is 0 Å². The number of nitrogens with one attached hydrogen (secondary N) is 7. The summed E-state index contributed by atoms with van der Waals surface area (Å²) in [5.41, 5.74) is 28.2. The Morgan fingerprint density at radius 3 is 1.84 bits per heavy atom. The second-order valence-electron chi connectivity index (χ2n) is 16.2. The summed E-state index contributed by atoms with van der Waals surface area (Å²) in [5, 5.41) is 44.7. The number of aliphatic imine (C=N–C) groups is 2. The fourth-order valence-electron chi connectivity index (χ4n) is 6.76. The van der Waals surface area contributed by atoms with E-state index in [1.807, 2.05) is 5.32 Å². The van der Waals surface area contributed by atoms with Crippen LogP contribution in [0.5, 0.6) is 5.75 Å². The normalized spacial score (nSPS) is 15.1. The van der Waals surface area contributed by atoms with Crippen molar-refractivity contribution in [2.24, 2.45) is 44.6 Å². The number of amides is 8. The molecule has 0 bridgehead atoms. The number of phenols is 1. The number of guanidine groups is 2. The quantitative estimate of drug-likeness (QED) is 0.0202. The summed E-state index contributed by atoms with van der Waals surface area (Å²) in [4.78, 5) is 138. The van der Waals surface area contributed by atoms with E-state index in [4.69, 9.17) is 33.8 Å². The number of benzene rings is 1. The zero-order valence-electron chi connectivity index (χ0n) is 38.4. The fraction of sp³-hybridized carbons (Fsp3) is 0.561. The third kappa shape index (κ3) is 21.6. The van der Waals surface area contributed by atoms with Crippen LogP contribution in [0.1, 0.15) is 64.4 Å². The fourth-order valence-corrected chi connectivity index (χ4v) is 6.76. The van der Waals surface area contributed by atoms with Crippen molar-refractivity contribution in [2.75, 3.05) is 39.3 Å². The van der Waals surface area contributed by atoms with Crippen molar-refractivity contribution >= 4 is 71.1 Å². The molecule has 2 rings (SSSR count). The number of carboxylic acids is 2. The molecule has 0 aliphatic carbocycles. The first-order valence-corrected chi connectivity index (χ1v) is 21.9. The lowest BCUT2D eigenvalue weighted by atomic mass is 10.0. The number of nitrogens with two attached hydrogens (primary N) is 5. The SMILES string of the molecule is CC(C)[C@H](NC(=O)[C@H](CC(=O)O)NC(=O)CNC(=O)[C@@H]1CCCN1C(=O)[C@H](Cc1ccc(O)cc1)NC(=O)[C@H](CCCN=C(N)N)NC(=O)[C@@H](N)CCCN=C(N)N)C(=O)NCC(=O)NCC(=O)O. The van der Waals surface area contributed by atoms with Crippen molar-refractivity contribution in [1.82, 2.24) is 42.1 Å². The Morgan fingerprint density at radius 2 is 1.26 bits per heavy atom. The number of aliphatic carboxylic acids is 2. The Kier molecular flexibility index (Phi) is 24.2. The maximum Gasteiger partial charge on any atom is 0.322 e. The number of carbonyl (C=O) groups excluding carboxylic acids is 8. The van der Waals surface area contributed by atoms with E-state index in [1.54, 1.807) is 0 Å². The number of aromatic hydroxyl groups is 1. The van der Waals surface area contributed by atoms with Gasteiger partial charge in [-0.25, -0.2) is 0 Å². The molecule has 382 valence electrons. The molecule has 1 aromatic carbocycles. The van der Waals surface area contributed by atoms with Crippen LogP contribution < -0.4 is 65.9 Å². The van der Waals surface area contributed by atoms with Gasteiger partial charge in [0.05, 0.1) is 25.6 Å². The summed E-state index contributed by atoms with van der Waals surface area (Å²) < 4.78 is 0. The van der Waals surface area contributed by atoms with E-state index in [2.05, 4.69) is 41.9 Å². The van der Waals surface area contributed by atoms with Crippen molar-refractivity contribution in [3.63, 3.8) is 0 Å². The molecule has 0 radical (unpaired) electrons. The van der Waals surface area contributed by atoms with Gasteiger partial charge in [0.1, 0.15) is 42.5 Å². The van der Waals surface area contributed by atoms with E-state index >= 15 is 0 Å². The molecule has 0 unspecified atom stereocenters. The molecule has 6 atom stereocenters. The average Bonchev–Trinajstić information content (AvgIpc) is 3.78. The molecule has 0 aromatic heterocycles. The summed E-state index contributed by atoms with van der Waals surface area (Å²) >= 11 is 0. The van der Waals surface area contributed by atoms with Gasteiger partial charge in [-0.2, -0.15) is 0 Å². The molecule has 28 nitrogen and oxygen atoms in total. The van der Waals surface area contributed by atoms with Crippen molar-refractivity contribution < 1.29 is 63.3 Å². The highest BCUT2D eigenvalue weighted by Gasteiger charge is 2.39. The van der Waals surface area contributed by atoms with Crippen molar-refractivity contribution in [2.45, 2.75) is 101 Å². The first-order chi connectivity index (χ1) is 32.5. The van der Waals surface area contributed by atoms with Crippen LogP contribution in [0.3, 0.4) is 0 Å². The lowest BCUT2D eigenvalue weighted by Gasteiger charge is -2.30. The van der Waals surface area contributed by atoms with E-state index in [9.17, 15) is 58.2 Å². The summed E-state index contributed by atoms with van der Waals surface area (Å²) in [6, 6.07) is -2.10.